The Labute approximate surface area is 125 Å². The van der Waals surface area contributed by atoms with Crippen LogP contribution in [0, 0.1) is 0 Å². The number of aromatic nitrogens is 3. The normalized spacial score (nSPS) is 10.4. The number of carboxylic acid groups (broad SMARTS) is 1. The number of carbonyl (C=O) groups is 1. The molecule has 0 saturated carbocycles. The first-order chi connectivity index (χ1) is 10.7. The molecule has 0 fully saturated rings. The van der Waals surface area contributed by atoms with Crippen LogP contribution in [0.3, 0.4) is 0 Å². The van der Waals surface area contributed by atoms with E-state index in [9.17, 15) is 9.90 Å². The molecule has 7 heteroatoms. The summed E-state index contributed by atoms with van der Waals surface area (Å²) in [5.41, 5.74) is 0.614. The summed E-state index contributed by atoms with van der Waals surface area (Å²) >= 11 is 0. The third-order valence-electron chi connectivity index (χ3n) is 2.91. The van der Waals surface area contributed by atoms with Crippen LogP contribution >= 0.6 is 0 Å². The van der Waals surface area contributed by atoms with E-state index < -0.39 is 5.97 Å². The van der Waals surface area contributed by atoms with Crippen LogP contribution in [0.5, 0.6) is 0 Å². The molecule has 3 rings (SSSR count). The maximum Gasteiger partial charge on any atom is 0.354 e. The molecule has 3 aromatic heterocycles. The van der Waals surface area contributed by atoms with E-state index in [4.69, 9.17) is 4.42 Å². The van der Waals surface area contributed by atoms with Gasteiger partial charge in [-0.25, -0.2) is 14.8 Å². The standard InChI is InChI=1S/C15H12N4O3/c20-15(21)12-8-13(17-9-11-2-1-7-22-11)19-14(18-12)10-3-5-16-6-4-10/h1-8H,9H2,(H,20,21)(H,17,18,19). The van der Waals surface area contributed by atoms with E-state index in [-0.39, 0.29) is 5.69 Å². The first-order valence-electron chi connectivity index (χ1n) is 6.51. The molecule has 0 aliphatic rings. The Bertz CT molecular complexity index is 773. The van der Waals surface area contributed by atoms with E-state index in [0.29, 0.717) is 23.8 Å². The fraction of sp³-hybridized carbons (Fsp3) is 0.0667. The van der Waals surface area contributed by atoms with Crippen LogP contribution in [0.4, 0.5) is 5.82 Å². The number of nitrogens with zero attached hydrogens (tertiary/aromatic N) is 3. The molecule has 0 unspecified atom stereocenters. The minimum atomic E-state index is -1.11. The van der Waals surface area contributed by atoms with Crippen LogP contribution in [0.25, 0.3) is 11.4 Å². The van der Waals surface area contributed by atoms with Crippen molar-refractivity contribution in [3.05, 3.63) is 60.4 Å². The molecule has 0 radical (unpaired) electrons. The van der Waals surface area contributed by atoms with Crippen LogP contribution < -0.4 is 5.32 Å². The van der Waals surface area contributed by atoms with Crippen molar-refractivity contribution >= 4 is 11.8 Å². The lowest BCUT2D eigenvalue weighted by Gasteiger charge is -2.07. The fourth-order valence-corrected chi connectivity index (χ4v) is 1.87. The van der Waals surface area contributed by atoms with Gasteiger partial charge in [-0.1, -0.05) is 0 Å². The molecule has 0 saturated heterocycles. The molecule has 0 aliphatic heterocycles. The average Bonchev–Trinajstić information content (AvgIpc) is 3.07. The predicted molar refractivity (Wildman–Crippen MR) is 78.3 cm³/mol. The third kappa shape index (κ3) is 3.09. The van der Waals surface area contributed by atoms with Gasteiger partial charge in [0.2, 0.25) is 0 Å². The van der Waals surface area contributed by atoms with Crippen LogP contribution in [-0.4, -0.2) is 26.0 Å². The average molecular weight is 296 g/mol. The van der Waals surface area contributed by atoms with Gasteiger partial charge < -0.3 is 14.8 Å². The lowest BCUT2D eigenvalue weighted by Crippen LogP contribution is -2.08. The summed E-state index contributed by atoms with van der Waals surface area (Å²) in [4.78, 5) is 23.5. The van der Waals surface area contributed by atoms with Gasteiger partial charge in [0.05, 0.1) is 12.8 Å². The first kappa shape index (κ1) is 13.7. The Balaban J connectivity index is 1.92. The van der Waals surface area contributed by atoms with Gasteiger partial charge in [-0.15, -0.1) is 0 Å². The number of pyridine rings is 1. The lowest BCUT2D eigenvalue weighted by atomic mass is 10.2. The smallest absolute Gasteiger partial charge is 0.354 e. The lowest BCUT2D eigenvalue weighted by molar-refractivity contribution is 0.0690. The molecule has 2 N–H and O–H groups in total. The zero-order valence-corrected chi connectivity index (χ0v) is 11.4. The van der Waals surface area contributed by atoms with Crippen LogP contribution in [0.2, 0.25) is 0 Å². The minimum Gasteiger partial charge on any atom is -0.477 e. The maximum absolute atomic E-state index is 11.2. The van der Waals surface area contributed by atoms with Crippen molar-refractivity contribution in [2.24, 2.45) is 0 Å². The van der Waals surface area contributed by atoms with Crippen LogP contribution in [0.15, 0.2) is 53.4 Å². The minimum absolute atomic E-state index is 0.0799. The second kappa shape index (κ2) is 6.04. The number of anilines is 1. The van der Waals surface area contributed by atoms with Crippen molar-refractivity contribution < 1.29 is 14.3 Å². The number of aromatic carboxylic acids is 1. The zero-order chi connectivity index (χ0) is 15.4. The molecular formula is C15H12N4O3. The highest BCUT2D eigenvalue weighted by Crippen LogP contribution is 2.18. The van der Waals surface area contributed by atoms with Crippen molar-refractivity contribution in [3.8, 4) is 11.4 Å². The molecule has 0 aromatic carbocycles. The Kier molecular flexibility index (Phi) is 3.78. The molecule has 0 atom stereocenters. The Morgan fingerprint density at radius 3 is 2.73 bits per heavy atom. The predicted octanol–water partition coefficient (Wildman–Crippen LogP) is 2.44. The number of hydrogen-bond donors (Lipinski definition) is 2. The van der Waals surface area contributed by atoms with Gasteiger partial charge >= 0.3 is 5.97 Å². The van der Waals surface area contributed by atoms with Gasteiger partial charge in [0, 0.05) is 24.0 Å². The van der Waals surface area contributed by atoms with Gasteiger partial charge in [-0.3, -0.25) is 4.98 Å². The van der Waals surface area contributed by atoms with Crippen molar-refractivity contribution in [3.63, 3.8) is 0 Å². The summed E-state index contributed by atoms with van der Waals surface area (Å²) in [5, 5.41) is 12.2. The third-order valence-corrected chi connectivity index (χ3v) is 2.91. The summed E-state index contributed by atoms with van der Waals surface area (Å²) in [6.45, 7) is 0.402. The van der Waals surface area contributed by atoms with E-state index >= 15 is 0 Å². The summed E-state index contributed by atoms with van der Waals surface area (Å²) in [5.74, 6) is 0.347. The van der Waals surface area contributed by atoms with Gasteiger partial charge in [-0.05, 0) is 24.3 Å². The van der Waals surface area contributed by atoms with Gasteiger partial charge in [0.15, 0.2) is 11.5 Å². The summed E-state index contributed by atoms with van der Waals surface area (Å²) in [6, 6.07) is 8.42. The molecule has 0 aliphatic carbocycles. The molecule has 22 heavy (non-hydrogen) atoms. The van der Waals surface area contributed by atoms with Crippen molar-refractivity contribution in [1.82, 2.24) is 15.0 Å². The number of hydrogen-bond acceptors (Lipinski definition) is 6. The van der Waals surface area contributed by atoms with E-state index in [2.05, 4.69) is 20.3 Å². The van der Waals surface area contributed by atoms with E-state index in [0.717, 1.165) is 5.76 Å². The molecule has 3 aromatic rings. The topological polar surface area (TPSA) is 101 Å². The van der Waals surface area contributed by atoms with E-state index in [1.165, 1.54) is 6.07 Å². The molecule has 7 nitrogen and oxygen atoms in total. The molecule has 0 spiro atoms. The molecule has 0 bridgehead atoms. The Morgan fingerprint density at radius 2 is 2.05 bits per heavy atom. The number of rotatable bonds is 5. The first-order valence-corrected chi connectivity index (χ1v) is 6.51. The van der Waals surface area contributed by atoms with E-state index in [1.54, 1.807) is 36.9 Å². The largest absolute Gasteiger partial charge is 0.477 e. The quantitative estimate of drug-likeness (QED) is 0.745. The molecule has 110 valence electrons. The summed E-state index contributed by atoms with van der Waals surface area (Å²) in [7, 11) is 0. The van der Waals surface area contributed by atoms with Crippen LogP contribution in [0.1, 0.15) is 16.2 Å². The van der Waals surface area contributed by atoms with Crippen LogP contribution in [-0.2, 0) is 6.54 Å². The Morgan fingerprint density at radius 1 is 1.23 bits per heavy atom. The molecule has 3 heterocycles. The molecule has 0 amide bonds. The fourth-order valence-electron chi connectivity index (χ4n) is 1.87. The van der Waals surface area contributed by atoms with Crippen molar-refractivity contribution in [2.45, 2.75) is 6.54 Å². The van der Waals surface area contributed by atoms with Gasteiger partial charge in [0.25, 0.3) is 0 Å². The van der Waals surface area contributed by atoms with Crippen molar-refractivity contribution in [2.75, 3.05) is 5.32 Å². The highest BCUT2D eigenvalue weighted by atomic mass is 16.4. The monoisotopic (exact) mass is 296 g/mol. The summed E-state index contributed by atoms with van der Waals surface area (Å²) in [6.07, 6.45) is 4.77. The number of carboxylic acids is 1. The van der Waals surface area contributed by atoms with Gasteiger partial charge in [0.1, 0.15) is 11.6 Å². The highest BCUT2D eigenvalue weighted by molar-refractivity contribution is 5.86. The van der Waals surface area contributed by atoms with E-state index in [1.807, 2.05) is 6.07 Å². The molecular weight excluding hydrogens is 284 g/mol. The zero-order valence-electron chi connectivity index (χ0n) is 11.4. The summed E-state index contributed by atoms with van der Waals surface area (Å²) < 4.78 is 5.22. The Hall–Kier alpha value is -3.22. The van der Waals surface area contributed by atoms with Crippen molar-refractivity contribution in [1.29, 1.82) is 0 Å². The second-order valence-electron chi connectivity index (χ2n) is 4.44. The number of furan rings is 1. The number of nitrogens with one attached hydrogen (secondary N) is 1. The van der Waals surface area contributed by atoms with Gasteiger partial charge in [-0.2, -0.15) is 0 Å². The maximum atomic E-state index is 11.2. The second-order valence-corrected chi connectivity index (χ2v) is 4.44. The highest BCUT2D eigenvalue weighted by Gasteiger charge is 2.12. The SMILES string of the molecule is O=C(O)c1cc(NCc2ccco2)nc(-c2ccncc2)n1.